The van der Waals surface area contributed by atoms with Crippen LogP contribution in [0.4, 0.5) is 0 Å². The lowest BCUT2D eigenvalue weighted by Gasteiger charge is -2.29. The van der Waals surface area contributed by atoms with Gasteiger partial charge in [0, 0.05) is 13.3 Å². The molecule has 0 amide bonds. The van der Waals surface area contributed by atoms with Gasteiger partial charge in [-0.05, 0) is 19.3 Å². The zero-order valence-electron chi connectivity index (χ0n) is 10.5. The Balaban J connectivity index is 2.14. The Kier molecular flexibility index (Phi) is 6.46. The predicted molar refractivity (Wildman–Crippen MR) is 63.0 cm³/mol. The molecule has 0 N–H and O–H groups in total. The van der Waals surface area contributed by atoms with Crippen LogP contribution in [0.15, 0.2) is 0 Å². The molecule has 0 bridgehead atoms. The zero-order chi connectivity index (χ0) is 11.8. The molecule has 1 saturated heterocycles. The van der Waals surface area contributed by atoms with E-state index in [1.807, 2.05) is 0 Å². The average Bonchev–Trinajstić information content (AvgIpc) is 2.24. The minimum absolute atomic E-state index is 0.239. The van der Waals surface area contributed by atoms with Gasteiger partial charge in [0.2, 0.25) is 6.29 Å². The maximum atomic E-state index is 10.8. The highest BCUT2D eigenvalue weighted by molar-refractivity contribution is 5.66. The van der Waals surface area contributed by atoms with Gasteiger partial charge in [-0.3, -0.25) is 4.79 Å². The van der Waals surface area contributed by atoms with Crippen LogP contribution < -0.4 is 0 Å². The third-order valence-electron chi connectivity index (χ3n) is 2.99. The number of esters is 1. The molecule has 3 nitrogen and oxygen atoms in total. The minimum atomic E-state index is -0.289. The van der Waals surface area contributed by atoms with Gasteiger partial charge in [-0.25, -0.2) is 0 Å². The van der Waals surface area contributed by atoms with E-state index in [-0.39, 0.29) is 12.3 Å². The molecule has 0 radical (unpaired) electrons. The minimum Gasteiger partial charge on any atom is -0.436 e. The summed E-state index contributed by atoms with van der Waals surface area (Å²) in [6.07, 6.45) is 9.28. The summed E-state index contributed by atoms with van der Waals surface area (Å²) in [5.74, 6) is -0.239. The van der Waals surface area contributed by atoms with Gasteiger partial charge >= 0.3 is 5.97 Å². The Morgan fingerprint density at radius 3 is 2.81 bits per heavy atom. The molecule has 0 saturated carbocycles. The Hall–Kier alpha value is -0.570. The number of hydrogen-bond acceptors (Lipinski definition) is 3. The Morgan fingerprint density at radius 1 is 1.31 bits per heavy atom. The van der Waals surface area contributed by atoms with Crippen molar-refractivity contribution in [2.75, 3.05) is 0 Å². The molecule has 2 atom stereocenters. The van der Waals surface area contributed by atoms with Crippen molar-refractivity contribution >= 4 is 5.97 Å². The van der Waals surface area contributed by atoms with Crippen molar-refractivity contribution in [3.05, 3.63) is 0 Å². The molecule has 0 aromatic heterocycles. The summed E-state index contributed by atoms with van der Waals surface area (Å²) in [6.45, 7) is 3.65. The van der Waals surface area contributed by atoms with Crippen LogP contribution in [0.1, 0.15) is 65.2 Å². The van der Waals surface area contributed by atoms with Gasteiger partial charge in [-0.1, -0.05) is 32.6 Å². The van der Waals surface area contributed by atoms with Crippen LogP contribution >= 0.6 is 0 Å². The summed E-state index contributed by atoms with van der Waals surface area (Å²) in [5, 5.41) is 0. The van der Waals surface area contributed by atoms with Crippen LogP contribution in [0.5, 0.6) is 0 Å². The lowest BCUT2D eigenvalue weighted by atomic mass is 10.0. The average molecular weight is 228 g/mol. The first-order chi connectivity index (χ1) is 7.72. The molecular weight excluding hydrogens is 204 g/mol. The van der Waals surface area contributed by atoms with E-state index < -0.39 is 0 Å². The van der Waals surface area contributed by atoms with Gasteiger partial charge in [0.25, 0.3) is 0 Å². The second-order valence-electron chi connectivity index (χ2n) is 4.58. The van der Waals surface area contributed by atoms with Gasteiger partial charge in [0.05, 0.1) is 6.10 Å². The van der Waals surface area contributed by atoms with Crippen LogP contribution in [0.2, 0.25) is 0 Å². The SMILES string of the molecule is CCCCCCC1CCCC(OC(C)=O)O1. The van der Waals surface area contributed by atoms with E-state index in [1.165, 1.54) is 32.6 Å². The summed E-state index contributed by atoms with van der Waals surface area (Å²) in [6, 6.07) is 0. The topological polar surface area (TPSA) is 35.5 Å². The highest BCUT2D eigenvalue weighted by Crippen LogP contribution is 2.23. The molecule has 0 aromatic rings. The third kappa shape index (κ3) is 5.50. The largest absolute Gasteiger partial charge is 0.436 e. The summed E-state index contributed by atoms with van der Waals surface area (Å²) in [7, 11) is 0. The number of rotatable bonds is 6. The smallest absolute Gasteiger partial charge is 0.304 e. The Bertz CT molecular complexity index is 203. The first-order valence-electron chi connectivity index (χ1n) is 6.55. The standard InChI is InChI=1S/C13H24O3/c1-3-4-5-6-8-12-9-7-10-13(16-12)15-11(2)14/h12-13H,3-10H2,1-2H3. The monoisotopic (exact) mass is 228 g/mol. The van der Waals surface area contributed by atoms with Crippen LogP contribution in [-0.2, 0) is 14.3 Å². The fourth-order valence-electron chi connectivity index (χ4n) is 2.15. The summed E-state index contributed by atoms with van der Waals surface area (Å²) >= 11 is 0. The molecule has 94 valence electrons. The predicted octanol–water partition coefficient (Wildman–Crippen LogP) is 3.42. The molecule has 3 heteroatoms. The number of carbonyl (C=O) groups is 1. The second kappa shape index (κ2) is 7.66. The Labute approximate surface area is 98.5 Å². The first kappa shape index (κ1) is 13.5. The van der Waals surface area contributed by atoms with E-state index in [0.29, 0.717) is 6.10 Å². The van der Waals surface area contributed by atoms with Crippen LogP contribution in [-0.4, -0.2) is 18.4 Å². The molecule has 0 aliphatic carbocycles. The molecule has 2 unspecified atom stereocenters. The third-order valence-corrected chi connectivity index (χ3v) is 2.99. The zero-order valence-corrected chi connectivity index (χ0v) is 10.5. The van der Waals surface area contributed by atoms with E-state index >= 15 is 0 Å². The molecule has 1 heterocycles. The lowest BCUT2D eigenvalue weighted by molar-refractivity contribution is -0.201. The van der Waals surface area contributed by atoms with E-state index in [4.69, 9.17) is 9.47 Å². The fraction of sp³-hybridized carbons (Fsp3) is 0.923. The van der Waals surface area contributed by atoms with Crippen molar-refractivity contribution in [3.8, 4) is 0 Å². The molecule has 1 aliphatic rings. The number of hydrogen-bond donors (Lipinski definition) is 0. The van der Waals surface area contributed by atoms with Crippen molar-refractivity contribution in [2.45, 2.75) is 77.6 Å². The van der Waals surface area contributed by atoms with Gasteiger partial charge in [0.1, 0.15) is 0 Å². The van der Waals surface area contributed by atoms with Crippen LogP contribution in [0.3, 0.4) is 0 Å². The highest BCUT2D eigenvalue weighted by atomic mass is 16.7. The van der Waals surface area contributed by atoms with E-state index in [9.17, 15) is 4.79 Å². The van der Waals surface area contributed by atoms with Crippen molar-refractivity contribution in [2.24, 2.45) is 0 Å². The number of carbonyl (C=O) groups excluding carboxylic acids is 1. The summed E-state index contributed by atoms with van der Waals surface area (Å²) in [5.41, 5.74) is 0. The van der Waals surface area contributed by atoms with Crippen molar-refractivity contribution in [3.63, 3.8) is 0 Å². The van der Waals surface area contributed by atoms with Crippen molar-refractivity contribution in [1.29, 1.82) is 0 Å². The van der Waals surface area contributed by atoms with E-state index in [2.05, 4.69) is 6.92 Å². The Morgan fingerprint density at radius 2 is 2.12 bits per heavy atom. The van der Waals surface area contributed by atoms with Crippen LogP contribution in [0.25, 0.3) is 0 Å². The van der Waals surface area contributed by atoms with Gasteiger partial charge < -0.3 is 9.47 Å². The number of unbranched alkanes of at least 4 members (excludes halogenated alkanes) is 3. The quantitative estimate of drug-likeness (QED) is 0.516. The van der Waals surface area contributed by atoms with Gasteiger partial charge in [-0.2, -0.15) is 0 Å². The fourth-order valence-corrected chi connectivity index (χ4v) is 2.15. The number of ether oxygens (including phenoxy) is 2. The van der Waals surface area contributed by atoms with E-state index in [1.54, 1.807) is 0 Å². The molecule has 0 spiro atoms. The van der Waals surface area contributed by atoms with Crippen LogP contribution in [0, 0.1) is 0 Å². The summed E-state index contributed by atoms with van der Waals surface area (Å²) < 4.78 is 10.8. The molecule has 0 aromatic carbocycles. The first-order valence-corrected chi connectivity index (χ1v) is 6.55. The molecule has 1 aliphatic heterocycles. The normalized spacial score (nSPS) is 25.4. The second-order valence-corrected chi connectivity index (χ2v) is 4.58. The maximum absolute atomic E-state index is 10.8. The summed E-state index contributed by atoms with van der Waals surface area (Å²) in [4.78, 5) is 10.8. The molecular formula is C13H24O3. The van der Waals surface area contributed by atoms with Crippen molar-refractivity contribution in [1.82, 2.24) is 0 Å². The molecule has 1 fully saturated rings. The lowest BCUT2D eigenvalue weighted by Crippen LogP contribution is -2.30. The van der Waals surface area contributed by atoms with E-state index in [0.717, 1.165) is 25.7 Å². The van der Waals surface area contributed by atoms with Gasteiger partial charge in [-0.15, -0.1) is 0 Å². The maximum Gasteiger partial charge on any atom is 0.304 e. The van der Waals surface area contributed by atoms with Crippen molar-refractivity contribution < 1.29 is 14.3 Å². The van der Waals surface area contributed by atoms with Gasteiger partial charge in [0.15, 0.2) is 0 Å². The molecule has 1 rings (SSSR count). The highest BCUT2D eigenvalue weighted by Gasteiger charge is 2.23. The molecule has 16 heavy (non-hydrogen) atoms.